The lowest BCUT2D eigenvalue weighted by Gasteiger charge is -2.36. The zero-order chi connectivity index (χ0) is 34.0. The maximum atomic E-state index is 14.3. The molecule has 0 spiro atoms. The van der Waals surface area contributed by atoms with Gasteiger partial charge in [-0.3, -0.25) is 23.9 Å². The number of hydrogen-bond donors (Lipinski definition) is 1. The number of furan rings is 1. The van der Waals surface area contributed by atoms with Crippen LogP contribution in [0.25, 0.3) is 11.0 Å². The van der Waals surface area contributed by atoms with Crippen molar-refractivity contribution in [3.8, 4) is 11.5 Å². The Morgan fingerprint density at radius 3 is 2.60 bits per heavy atom. The van der Waals surface area contributed by atoms with Crippen LogP contribution >= 0.6 is 0 Å². The van der Waals surface area contributed by atoms with Gasteiger partial charge >= 0.3 is 0 Å². The van der Waals surface area contributed by atoms with Gasteiger partial charge in [-0.15, -0.1) is 0 Å². The maximum absolute atomic E-state index is 14.3. The Labute approximate surface area is 275 Å². The topological polar surface area (TPSA) is 139 Å². The summed E-state index contributed by atoms with van der Waals surface area (Å²) < 4.78 is 18.9. The molecule has 5 rings (SSSR count). The van der Waals surface area contributed by atoms with Crippen LogP contribution in [0, 0.1) is 12.8 Å². The lowest BCUT2D eigenvalue weighted by atomic mass is 9.89. The summed E-state index contributed by atoms with van der Waals surface area (Å²) in [6, 6.07) is 3.41. The van der Waals surface area contributed by atoms with Crippen LogP contribution < -0.4 is 14.8 Å². The van der Waals surface area contributed by atoms with Crippen molar-refractivity contribution in [3.63, 3.8) is 0 Å². The van der Waals surface area contributed by atoms with Gasteiger partial charge in [-0.05, 0) is 57.1 Å². The molecule has 0 saturated heterocycles. The van der Waals surface area contributed by atoms with Crippen molar-refractivity contribution in [2.24, 2.45) is 13.0 Å². The molecule has 2 aromatic heterocycles. The monoisotopic (exact) mass is 650 g/mol. The molecular weight excluding hydrogens is 604 g/mol. The highest BCUT2D eigenvalue weighted by molar-refractivity contribution is 6.02. The van der Waals surface area contributed by atoms with Crippen LogP contribution in [-0.2, 0) is 29.5 Å². The highest BCUT2D eigenvalue weighted by Crippen LogP contribution is 2.39. The van der Waals surface area contributed by atoms with E-state index in [1.165, 1.54) is 24.0 Å². The molecule has 13 heteroatoms. The predicted octanol–water partition coefficient (Wildman–Crippen LogP) is 2.96. The molecule has 2 bridgehead atoms. The van der Waals surface area contributed by atoms with Gasteiger partial charge in [0.1, 0.15) is 6.54 Å². The molecule has 47 heavy (non-hydrogen) atoms. The molecule has 0 fully saturated rings. The van der Waals surface area contributed by atoms with Crippen molar-refractivity contribution < 1.29 is 33.1 Å². The van der Waals surface area contributed by atoms with Gasteiger partial charge in [-0.2, -0.15) is 5.10 Å². The number of aromatic nitrogens is 2. The standard InChI is InChI=1S/C34H46N6O7/c1-20(2)13-16-40-22-9-11-25-24(17-22)29(36-38(25)5)33(43)37(4)18-27(41)35-14-8-15-39(19-28(40)42)34(44)30-21(3)23-10-12-26(45-6)32(46-7)31(23)47-30/h10,12,20,22H,8-9,11,13-19H2,1-7H3,(H,35,41). The van der Waals surface area contributed by atoms with Crippen LogP contribution in [0.15, 0.2) is 16.5 Å². The largest absolute Gasteiger partial charge is 0.493 e. The van der Waals surface area contributed by atoms with E-state index in [0.29, 0.717) is 71.9 Å². The second-order valence-electron chi connectivity index (χ2n) is 12.9. The van der Waals surface area contributed by atoms with E-state index in [1.807, 2.05) is 24.9 Å². The van der Waals surface area contributed by atoms with Gasteiger partial charge in [0.15, 0.2) is 22.8 Å². The maximum Gasteiger partial charge on any atom is 0.290 e. The van der Waals surface area contributed by atoms with Crippen molar-refractivity contribution in [2.75, 3.05) is 54.0 Å². The number of carbonyl (C=O) groups excluding carboxylic acids is 4. The number of rotatable bonds is 6. The number of ether oxygens (including phenoxy) is 2. The number of aryl methyl sites for hydroxylation is 2. The van der Waals surface area contributed by atoms with Crippen LogP contribution in [0.1, 0.15) is 71.0 Å². The van der Waals surface area contributed by atoms with Crippen molar-refractivity contribution in [3.05, 3.63) is 40.4 Å². The first-order valence-corrected chi connectivity index (χ1v) is 16.2. The third-order valence-electron chi connectivity index (χ3n) is 9.25. The van der Waals surface area contributed by atoms with Crippen LogP contribution in [0.5, 0.6) is 11.5 Å². The first kappa shape index (κ1) is 33.8. The summed E-state index contributed by atoms with van der Waals surface area (Å²) in [5.74, 6) is 0.0983. The van der Waals surface area contributed by atoms with E-state index in [4.69, 9.17) is 13.9 Å². The molecule has 2 aliphatic rings. The second kappa shape index (κ2) is 14.1. The van der Waals surface area contributed by atoms with Crippen LogP contribution in [0.3, 0.4) is 0 Å². The lowest BCUT2D eigenvalue weighted by molar-refractivity contribution is -0.134. The summed E-state index contributed by atoms with van der Waals surface area (Å²) in [5, 5.41) is 8.11. The molecule has 1 unspecified atom stereocenters. The van der Waals surface area contributed by atoms with E-state index in [9.17, 15) is 19.2 Å². The lowest BCUT2D eigenvalue weighted by Crippen LogP contribution is -2.50. The van der Waals surface area contributed by atoms with Crippen molar-refractivity contribution in [1.29, 1.82) is 0 Å². The van der Waals surface area contributed by atoms with Crippen molar-refractivity contribution >= 4 is 34.6 Å². The molecule has 0 radical (unpaired) electrons. The average Bonchev–Trinajstić information content (AvgIpc) is 3.56. The van der Waals surface area contributed by atoms with Gasteiger partial charge in [-0.25, -0.2) is 0 Å². The predicted molar refractivity (Wildman–Crippen MR) is 175 cm³/mol. The van der Waals surface area contributed by atoms with Gasteiger partial charge in [0.25, 0.3) is 11.8 Å². The Bertz CT molecular complexity index is 1670. The number of likely N-dealkylation sites (N-methyl/N-ethyl adjacent to an activating group) is 1. The van der Waals surface area contributed by atoms with Crippen molar-refractivity contribution in [2.45, 2.75) is 58.9 Å². The smallest absolute Gasteiger partial charge is 0.290 e. The summed E-state index contributed by atoms with van der Waals surface area (Å²) >= 11 is 0. The third-order valence-corrected chi connectivity index (χ3v) is 9.25. The summed E-state index contributed by atoms with van der Waals surface area (Å²) in [5.41, 5.74) is 3.11. The van der Waals surface area contributed by atoms with E-state index in [0.717, 1.165) is 17.7 Å². The summed E-state index contributed by atoms with van der Waals surface area (Å²) in [6.45, 7) is 6.74. The van der Waals surface area contributed by atoms with Gasteiger partial charge in [0, 0.05) is 62.0 Å². The Hall–Kier alpha value is -4.55. The fraction of sp³-hybridized carbons (Fsp3) is 0.559. The quantitative estimate of drug-likeness (QED) is 0.430. The number of benzene rings is 1. The van der Waals surface area contributed by atoms with Crippen molar-refractivity contribution in [1.82, 2.24) is 29.8 Å². The molecule has 4 amide bonds. The summed E-state index contributed by atoms with van der Waals surface area (Å²) in [7, 11) is 6.45. The molecule has 1 aliphatic carbocycles. The normalized spacial score (nSPS) is 18.3. The Balaban J connectivity index is 1.52. The molecule has 3 heterocycles. The summed E-state index contributed by atoms with van der Waals surface area (Å²) in [6.07, 6.45) is 3.01. The molecular formula is C34H46N6O7. The zero-order valence-electron chi connectivity index (χ0n) is 28.5. The third kappa shape index (κ3) is 6.79. The van der Waals surface area contributed by atoms with Gasteiger partial charge in [0.2, 0.25) is 17.6 Å². The number of nitrogens with zero attached hydrogens (tertiary/aromatic N) is 5. The molecule has 1 atom stereocenters. The van der Waals surface area contributed by atoms with Gasteiger partial charge < -0.3 is 33.9 Å². The van der Waals surface area contributed by atoms with Crippen LogP contribution in [0.2, 0.25) is 0 Å². The first-order chi connectivity index (χ1) is 22.4. The number of carbonyl (C=O) groups is 4. The minimum atomic E-state index is -0.421. The molecule has 254 valence electrons. The Kier molecular flexibility index (Phi) is 10.1. The molecule has 1 aliphatic heterocycles. The molecule has 1 N–H and O–H groups in total. The van der Waals surface area contributed by atoms with Gasteiger partial charge in [0.05, 0.1) is 20.8 Å². The average molecular weight is 651 g/mol. The molecule has 3 aromatic rings. The van der Waals surface area contributed by atoms with Crippen LogP contribution in [-0.4, -0.2) is 108 Å². The minimum absolute atomic E-state index is 0.119. The van der Waals surface area contributed by atoms with Gasteiger partial charge in [-0.1, -0.05) is 13.8 Å². The fourth-order valence-corrected chi connectivity index (χ4v) is 6.59. The van der Waals surface area contributed by atoms with E-state index in [2.05, 4.69) is 24.3 Å². The molecule has 13 nitrogen and oxygen atoms in total. The number of hydrogen-bond acceptors (Lipinski definition) is 8. The molecule has 0 saturated carbocycles. The molecule has 1 aromatic carbocycles. The highest BCUT2D eigenvalue weighted by Gasteiger charge is 2.36. The number of nitrogens with one attached hydrogen (secondary N) is 1. The number of fused-ring (bicyclic) bond motifs is 2. The SMILES string of the molecule is COc1ccc2c(C)c(C(=O)N3CCCNC(=O)CN(C)C(=O)c4nn(C)c5c4CC(CC5)N(CCC(C)C)C(=O)C3)oc2c1OC. The van der Waals surface area contributed by atoms with E-state index in [-0.39, 0.29) is 55.7 Å². The Morgan fingerprint density at radius 1 is 1.13 bits per heavy atom. The minimum Gasteiger partial charge on any atom is -0.493 e. The first-order valence-electron chi connectivity index (χ1n) is 16.2. The van der Waals surface area contributed by atoms with E-state index >= 15 is 0 Å². The highest BCUT2D eigenvalue weighted by atomic mass is 16.5. The van der Waals surface area contributed by atoms with Crippen LogP contribution in [0.4, 0.5) is 0 Å². The van der Waals surface area contributed by atoms with E-state index in [1.54, 1.807) is 17.8 Å². The fourth-order valence-electron chi connectivity index (χ4n) is 6.59. The Morgan fingerprint density at radius 2 is 1.89 bits per heavy atom. The number of amides is 4. The second-order valence-corrected chi connectivity index (χ2v) is 12.9. The number of methoxy groups -OCH3 is 2. The summed E-state index contributed by atoms with van der Waals surface area (Å²) in [4.78, 5) is 59.5. The zero-order valence-corrected chi connectivity index (χ0v) is 28.5. The van der Waals surface area contributed by atoms with E-state index < -0.39 is 5.91 Å².